The molecule has 1 saturated heterocycles. The van der Waals surface area contributed by atoms with Crippen molar-refractivity contribution in [2.24, 2.45) is 0 Å². The SMILES string of the molecule is CC1OC(O[C@]23C(=Cc4ccc(CC#N)c(Cl)c42)C=C[C@@H]3O)C(O)C(=O)C1(C)O. The van der Waals surface area contributed by atoms with Gasteiger partial charge in [0.2, 0.25) is 0 Å². The molecule has 8 heteroatoms. The Morgan fingerprint density at radius 2 is 2.10 bits per heavy atom. The third-order valence-electron chi connectivity index (χ3n) is 5.97. The molecule has 7 nitrogen and oxygen atoms in total. The minimum Gasteiger partial charge on any atom is -0.385 e. The minimum atomic E-state index is -1.87. The van der Waals surface area contributed by atoms with Gasteiger partial charge in [0.05, 0.1) is 23.6 Å². The monoisotopic (exact) mass is 417 g/mol. The molecule has 0 bridgehead atoms. The first-order chi connectivity index (χ1) is 13.6. The number of halogens is 1. The molecule has 1 fully saturated rings. The molecule has 0 spiro atoms. The van der Waals surface area contributed by atoms with Gasteiger partial charge in [-0.05, 0) is 36.6 Å². The van der Waals surface area contributed by atoms with Crippen molar-refractivity contribution < 1.29 is 29.6 Å². The summed E-state index contributed by atoms with van der Waals surface area (Å²) < 4.78 is 11.7. The van der Waals surface area contributed by atoms with E-state index < -0.39 is 41.6 Å². The second kappa shape index (κ2) is 6.74. The highest BCUT2D eigenvalue weighted by Crippen LogP contribution is 2.54. The standard InChI is InChI=1S/C21H20ClNO6/c1-10-20(2,27)18(26)17(25)19(28-10)29-21-13(5-6-14(21)24)9-12-4-3-11(7-8-23)16(22)15(12)21/h3-6,9-10,14,17,19,24-25,27H,7H2,1-2H3/t10?,14-,17?,19?,20?,21-/m0/s1. The summed E-state index contributed by atoms with van der Waals surface area (Å²) in [6, 6.07) is 5.57. The van der Waals surface area contributed by atoms with Crippen LogP contribution in [-0.4, -0.2) is 51.3 Å². The highest BCUT2D eigenvalue weighted by Gasteiger charge is 2.57. The number of carbonyl (C=O) groups excluding carboxylic acids is 1. The number of nitriles is 1. The zero-order valence-corrected chi connectivity index (χ0v) is 16.6. The maximum atomic E-state index is 12.4. The molecule has 6 atom stereocenters. The predicted octanol–water partition coefficient (Wildman–Crippen LogP) is 1.37. The quantitative estimate of drug-likeness (QED) is 0.679. The summed E-state index contributed by atoms with van der Waals surface area (Å²) in [7, 11) is 0. The van der Waals surface area contributed by atoms with Crippen molar-refractivity contribution >= 4 is 23.5 Å². The first kappa shape index (κ1) is 20.2. The molecule has 1 aromatic rings. The Hall–Kier alpha value is -2.05. The van der Waals surface area contributed by atoms with Crippen LogP contribution in [0.1, 0.15) is 30.5 Å². The summed E-state index contributed by atoms with van der Waals surface area (Å²) in [6.07, 6.45) is -0.219. The van der Waals surface area contributed by atoms with E-state index in [1.165, 1.54) is 19.9 Å². The van der Waals surface area contributed by atoms with E-state index in [4.69, 9.17) is 26.3 Å². The second-order valence-electron chi connectivity index (χ2n) is 7.70. The molecule has 0 aromatic heterocycles. The smallest absolute Gasteiger partial charge is 0.200 e. The average molecular weight is 418 g/mol. The van der Waals surface area contributed by atoms with Crippen LogP contribution in [0.15, 0.2) is 29.9 Å². The largest absolute Gasteiger partial charge is 0.385 e. The molecule has 0 amide bonds. The lowest BCUT2D eigenvalue weighted by Crippen LogP contribution is -2.63. The van der Waals surface area contributed by atoms with Gasteiger partial charge in [-0.1, -0.05) is 35.9 Å². The van der Waals surface area contributed by atoms with Gasteiger partial charge in [0.15, 0.2) is 23.8 Å². The minimum absolute atomic E-state index is 0.0714. The number of nitrogens with zero attached hydrogens (tertiary/aromatic N) is 1. The number of Topliss-reactive ketones (excluding diaryl/α,β-unsaturated/α-hetero) is 1. The zero-order chi connectivity index (χ0) is 21.1. The van der Waals surface area contributed by atoms with Crippen molar-refractivity contribution in [3.8, 4) is 6.07 Å². The predicted molar refractivity (Wildman–Crippen MR) is 103 cm³/mol. The highest BCUT2D eigenvalue weighted by molar-refractivity contribution is 6.32. The van der Waals surface area contributed by atoms with E-state index in [2.05, 4.69) is 6.07 Å². The van der Waals surface area contributed by atoms with Crippen LogP contribution >= 0.6 is 11.6 Å². The Bertz CT molecular complexity index is 994. The Morgan fingerprint density at radius 3 is 2.79 bits per heavy atom. The van der Waals surface area contributed by atoms with Crippen molar-refractivity contribution in [1.82, 2.24) is 0 Å². The Labute approximate surface area is 172 Å². The number of hydrogen-bond acceptors (Lipinski definition) is 7. The fourth-order valence-electron chi connectivity index (χ4n) is 4.10. The van der Waals surface area contributed by atoms with Gasteiger partial charge < -0.3 is 24.8 Å². The third-order valence-corrected chi connectivity index (χ3v) is 6.40. The molecule has 1 aliphatic heterocycles. The molecule has 3 aliphatic rings. The number of aliphatic hydroxyl groups excluding tert-OH is 2. The molecule has 0 radical (unpaired) electrons. The van der Waals surface area contributed by atoms with E-state index in [0.29, 0.717) is 22.3 Å². The number of aliphatic hydroxyl groups is 3. The number of carbonyl (C=O) groups is 1. The summed E-state index contributed by atoms with van der Waals surface area (Å²) in [5.41, 5.74) is -1.05. The number of ketones is 1. The molecule has 1 aromatic carbocycles. The second-order valence-corrected chi connectivity index (χ2v) is 8.08. The van der Waals surface area contributed by atoms with Crippen molar-refractivity contribution in [2.45, 2.75) is 56.1 Å². The number of benzene rings is 1. The molecule has 1 heterocycles. The van der Waals surface area contributed by atoms with Crippen LogP contribution in [0.25, 0.3) is 6.08 Å². The van der Waals surface area contributed by atoms with Crippen LogP contribution in [0.5, 0.6) is 0 Å². The van der Waals surface area contributed by atoms with Crippen molar-refractivity contribution in [3.63, 3.8) is 0 Å². The zero-order valence-electron chi connectivity index (χ0n) is 15.8. The molecule has 4 unspecified atom stereocenters. The number of ether oxygens (including phenoxy) is 2. The van der Waals surface area contributed by atoms with Gasteiger partial charge in [0, 0.05) is 5.56 Å². The number of rotatable bonds is 3. The van der Waals surface area contributed by atoms with Crippen LogP contribution in [0, 0.1) is 11.3 Å². The van der Waals surface area contributed by atoms with Crippen LogP contribution in [0.3, 0.4) is 0 Å². The fourth-order valence-corrected chi connectivity index (χ4v) is 4.48. The van der Waals surface area contributed by atoms with E-state index in [1.807, 2.05) is 0 Å². The van der Waals surface area contributed by atoms with Gasteiger partial charge in [-0.25, -0.2) is 0 Å². The normalized spacial score (nSPS) is 37.8. The Morgan fingerprint density at radius 1 is 1.38 bits per heavy atom. The molecule has 0 saturated carbocycles. The fraction of sp³-hybridized carbons (Fsp3) is 0.429. The van der Waals surface area contributed by atoms with Crippen LogP contribution < -0.4 is 0 Å². The van der Waals surface area contributed by atoms with E-state index in [1.54, 1.807) is 24.3 Å². The summed E-state index contributed by atoms with van der Waals surface area (Å²) in [5, 5.41) is 40.9. The molecular formula is C21H20ClNO6. The van der Waals surface area contributed by atoms with Crippen molar-refractivity contribution in [1.29, 1.82) is 5.26 Å². The lowest BCUT2D eigenvalue weighted by atomic mass is 9.86. The number of fused-ring (bicyclic) bond motifs is 3. The molecule has 3 N–H and O–H groups in total. The Balaban J connectivity index is 1.79. The molecule has 29 heavy (non-hydrogen) atoms. The average Bonchev–Trinajstić information content (AvgIpc) is 3.15. The van der Waals surface area contributed by atoms with E-state index in [9.17, 15) is 20.1 Å². The summed E-state index contributed by atoms with van der Waals surface area (Å²) in [6.45, 7) is 2.77. The maximum Gasteiger partial charge on any atom is 0.200 e. The number of hydrogen-bond donors (Lipinski definition) is 3. The van der Waals surface area contributed by atoms with Crippen molar-refractivity contribution in [3.05, 3.63) is 51.6 Å². The highest BCUT2D eigenvalue weighted by atomic mass is 35.5. The van der Waals surface area contributed by atoms with E-state index >= 15 is 0 Å². The van der Waals surface area contributed by atoms with E-state index in [-0.39, 0.29) is 11.4 Å². The van der Waals surface area contributed by atoms with E-state index in [0.717, 1.165) is 0 Å². The van der Waals surface area contributed by atoms with Crippen LogP contribution in [0.2, 0.25) is 5.02 Å². The first-order valence-electron chi connectivity index (χ1n) is 9.20. The Kier molecular flexibility index (Phi) is 4.70. The topological polar surface area (TPSA) is 120 Å². The van der Waals surface area contributed by atoms with Gasteiger partial charge in [0.1, 0.15) is 11.7 Å². The van der Waals surface area contributed by atoms with Gasteiger partial charge in [-0.2, -0.15) is 5.26 Å². The van der Waals surface area contributed by atoms with Crippen LogP contribution in [-0.2, 0) is 26.3 Å². The first-order valence-corrected chi connectivity index (χ1v) is 9.57. The molecular weight excluding hydrogens is 398 g/mol. The van der Waals surface area contributed by atoms with Gasteiger partial charge in [-0.15, -0.1) is 0 Å². The third kappa shape index (κ3) is 2.72. The summed E-state index contributed by atoms with van der Waals surface area (Å²) >= 11 is 6.60. The van der Waals surface area contributed by atoms with Gasteiger partial charge >= 0.3 is 0 Å². The maximum absolute atomic E-state index is 12.4. The lowest BCUT2D eigenvalue weighted by molar-refractivity contribution is -0.297. The lowest BCUT2D eigenvalue weighted by Gasteiger charge is -2.44. The molecule has 152 valence electrons. The van der Waals surface area contributed by atoms with Gasteiger partial charge in [0.25, 0.3) is 0 Å². The summed E-state index contributed by atoms with van der Waals surface area (Å²) in [5.74, 6) is -0.828. The summed E-state index contributed by atoms with van der Waals surface area (Å²) in [4.78, 5) is 12.4. The van der Waals surface area contributed by atoms with Crippen molar-refractivity contribution in [2.75, 3.05) is 0 Å². The molecule has 4 rings (SSSR count). The van der Waals surface area contributed by atoms with Crippen LogP contribution in [0.4, 0.5) is 0 Å². The van der Waals surface area contributed by atoms with Gasteiger partial charge in [-0.3, -0.25) is 4.79 Å². The molecule has 2 aliphatic carbocycles.